The summed E-state index contributed by atoms with van der Waals surface area (Å²) in [6, 6.07) is 9.29. The maximum atomic E-state index is 11.6. The van der Waals surface area contributed by atoms with E-state index in [1.165, 1.54) is 0 Å². The van der Waals surface area contributed by atoms with Crippen molar-refractivity contribution in [1.82, 2.24) is 0 Å². The van der Waals surface area contributed by atoms with Crippen LogP contribution in [0.4, 0.5) is 0 Å². The lowest BCUT2D eigenvalue weighted by Gasteiger charge is -2.01. The van der Waals surface area contributed by atoms with Gasteiger partial charge in [0.1, 0.15) is 5.76 Å². The molecule has 0 fully saturated rings. The van der Waals surface area contributed by atoms with E-state index in [-0.39, 0.29) is 12.2 Å². The highest BCUT2D eigenvalue weighted by Crippen LogP contribution is 2.13. The number of fused-ring (bicyclic) bond motifs is 1. The Morgan fingerprint density at radius 3 is 2.81 bits per heavy atom. The van der Waals surface area contributed by atoms with Crippen molar-refractivity contribution in [2.75, 3.05) is 6.61 Å². The third-order valence-corrected chi connectivity index (χ3v) is 2.55. The number of hydrogen-bond acceptors (Lipinski definition) is 3. The normalized spacial score (nSPS) is 10.8. The number of rotatable bonds is 4. The van der Waals surface area contributed by atoms with Gasteiger partial charge in [-0.15, -0.1) is 0 Å². The SMILES string of the molecule is O=c1oc(CCCCO)cc2ccccc12. The van der Waals surface area contributed by atoms with Crippen LogP contribution < -0.4 is 5.63 Å². The van der Waals surface area contributed by atoms with Gasteiger partial charge >= 0.3 is 5.63 Å². The second-order valence-electron chi connectivity index (χ2n) is 3.77. The molecule has 0 saturated heterocycles. The van der Waals surface area contributed by atoms with Crippen LogP contribution in [0.25, 0.3) is 10.8 Å². The largest absolute Gasteiger partial charge is 0.427 e. The number of aryl methyl sites for hydroxylation is 1. The molecule has 0 amide bonds. The van der Waals surface area contributed by atoms with Crippen molar-refractivity contribution in [2.45, 2.75) is 19.3 Å². The van der Waals surface area contributed by atoms with Crippen LogP contribution in [0.3, 0.4) is 0 Å². The molecule has 0 aliphatic heterocycles. The molecule has 0 saturated carbocycles. The Hall–Kier alpha value is -1.61. The zero-order chi connectivity index (χ0) is 11.4. The second kappa shape index (κ2) is 4.94. The molecule has 1 N–H and O–H groups in total. The minimum Gasteiger partial charge on any atom is -0.427 e. The summed E-state index contributed by atoms with van der Waals surface area (Å²) >= 11 is 0. The zero-order valence-electron chi connectivity index (χ0n) is 8.98. The molecule has 0 bridgehead atoms. The van der Waals surface area contributed by atoms with Crippen molar-refractivity contribution in [2.24, 2.45) is 0 Å². The van der Waals surface area contributed by atoms with Crippen LogP contribution in [0.5, 0.6) is 0 Å². The maximum absolute atomic E-state index is 11.6. The molecule has 3 nitrogen and oxygen atoms in total. The minimum atomic E-state index is -0.280. The first-order valence-electron chi connectivity index (χ1n) is 5.44. The topological polar surface area (TPSA) is 50.4 Å². The highest BCUT2D eigenvalue weighted by molar-refractivity contribution is 5.81. The summed E-state index contributed by atoms with van der Waals surface area (Å²) in [5.74, 6) is 0.692. The Labute approximate surface area is 93.3 Å². The number of aliphatic hydroxyl groups excluding tert-OH is 1. The molecule has 1 heterocycles. The van der Waals surface area contributed by atoms with Gasteiger partial charge in [0, 0.05) is 13.0 Å². The molecule has 16 heavy (non-hydrogen) atoms. The van der Waals surface area contributed by atoms with E-state index in [4.69, 9.17) is 9.52 Å². The molecule has 2 rings (SSSR count). The minimum absolute atomic E-state index is 0.178. The van der Waals surface area contributed by atoms with Gasteiger partial charge in [-0.1, -0.05) is 18.2 Å². The van der Waals surface area contributed by atoms with E-state index in [1.807, 2.05) is 24.3 Å². The third kappa shape index (κ3) is 2.31. The molecule has 2 aromatic rings. The lowest BCUT2D eigenvalue weighted by molar-refractivity contribution is 0.282. The van der Waals surface area contributed by atoms with Crippen LogP contribution >= 0.6 is 0 Å². The van der Waals surface area contributed by atoms with Crippen molar-refractivity contribution < 1.29 is 9.52 Å². The van der Waals surface area contributed by atoms with E-state index in [0.29, 0.717) is 17.6 Å². The molecule has 3 heteroatoms. The highest BCUT2D eigenvalue weighted by Gasteiger charge is 2.03. The first kappa shape index (κ1) is 10.9. The predicted octanol–water partition coefficient (Wildman–Crippen LogP) is 2.11. The van der Waals surface area contributed by atoms with Gasteiger partial charge in [0.05, 0.1) is 5.39 Å². The summed E-state index contributed by atoms with van der Waals surface area (Å²) < 4.78 is 5.20. The molecular weight excluding hydrogens is 204 g/mol. The van der Waals surface area contributed by atoms with Gasteiger partial charge in [0.2, 0.25) is 0 Å². The quantitative estimate of drug-likeness (QED) is 0.799. The van der Waals surface area contributed by atoms with E-state index < -0.39 is 0 Å². The van der Waals surface area contributed by atoms with Crippen molar-refractivity contribution in [1.29, 1.82) is 0 Å². The van der Waals surface area contributed by atoms with Crippen molar-refractivity contribution in [3.05, 3.63) is 46.5 Å². The Kier molecular flexibility index (Phi) is 3.37. The van der Waals surface area contributed by atoms with Gasteiger partial charge in [-0.2, -0.15) is 0 Å². The van der Waals surface area contributed by atoms with E-state index in [9.17, 15) is 4.79 Å². The Morgan fingerprint density at radius 1 is 1.19 bits per heavy atom. The summed E-state index contributed by atoms with van der Waals surface area (Å²) in [5.41, 5.74) is -0.280. The van der Waals surface area contributed by atoms with E-state index in [1.54, 1.807) is 6.07 Å². The van der Waals surface area contributed by atoms with Crippen LogP contribution in [0.15, 0.2) is 39.5 Å². The number of benzene rings is 1. The highest BCUT2D eigenvalue weighted by atomic mass is 16.4. The van der Waals surface area contributed by atoms with Gasteiger partial charge < -0.3 is 9.52 Å². The average Bonchev–Trinajstić information content (AvgIpc) is 2.30. The fourth-order valence-electron chi connectivity index (χ4n) is 1.72. The molecule has 1 aromatic heterocycles. The van der Waals surface area contributed by atoms with E-state index in [2.05, 4.69) is 0 Å². The van der Waals surface area contributed by atoms with Gasteiger partial charge in [-0.05, 0) is 30.4 Å². The third-order valence-electron chi connectivity index (χ3n) is 2.55. The number of unbranched alkanes of at least 4 members (excludes halogenated alkanes) is 1. The van der Waals surface area contributed by atoms with Crippen molar-refractivity contribution in [3.63, 3.8) is 0 Å². The standard InChI is InChI=1S/C13H14O3/c14-8-4-3-6-11-9-10-5-1-2-7-12(10)13(15)16-11/h1-2,5,7,9,14H,3-4,6,8H2. The van der Waals surface area contributed by atoms with Gasteiger partial charge in [0.15, 0.2) is 0 Å². The van der Waals surface area contributed by atoms with E-state index in [0.717, 1.165) is 18.2 Å². The summed E-state index contributed by atoms with van der Waals surface area (Å²) in [5, 5.41) is 10.2. The van der Waals surface area contributed by atoms with E-state index >= 15 is 0 Å². The number of hydrogen-bond donors (Lipinski definition) is 1. The Bertz CT molecular complexity index is 528. The maximum Gasteiger partial charge on any atom is 0.343 e. The summed E-state index contributed by atoms with van der Waals surface area (Å²) in [6.45, 7) is 0.178. The summed E-state index contributed by atoms with van der Waals surface area (Å²) in [7, 11) is 0. The smallest absolute Gasteiger partial charge is 0.343 e. The Morgan fingerprint density at radius 2 is 2.00 bits per heavy atom. The van der Waals surface area contributed by atoms with Crippen LogP contribution in [0.2, 0.25) is 0 Å². The molecule has 0 aliphatic carbocycles. The molecular formula is C13H14O3. The molecule has 0 spiro atoms. The molecule has 0 atom stereocenters. The van der Waals surface area contributed by atoms with Gasteiger partial charge in [0.25, 0.3) is 0 Å². The fourth-order valence-corrected chi connectivity index (χ4v) is 1.72. The fraction of sp³-hybridized carbons (Fsp3) is 0.308. The van der Waals surface area contributed by atoms with Crippen LogP contribution in [-0.4, -0.2) is 11.7 Å². The molecule has 1 aromatic carbocycles. The zero-order valence-corrected chi connectivity index (χ0v) is 8.98. The first-order chi connectivity index (χ1) is 7.81. The number of aliphatic hydroxyl groups is 1. The average molecular weight is 218 g/mol. The molecule has 84 valence electrons. The summed E-state index contributed by atoms with van der Waals surface area (Å²) in [4.78, 5) is 11.6. The van der Waals surface area contributed by atoms with Crippen LogP contribution in [-0.2, 0) is 6.42 Å². The van der Waals surface area contributed by atoms with Crippen molar-refractivity contribution in [3.8, 4) is 0 Å². The molecule has 0 unspecified atom stereocenters. The molecule has 0 radical (unpaired) electrons. The lowest BCUT2D eigenvalue weighted by atomic mass is 10.1. The van der Waals surface area contributed by atoms with Gasteiger partial charge in [-0.25, -0.2) is 4.79 Å². The van der Waals surface area contributed by atoms with Crippen LogP contribution in [0.1, 0.15) is 18.6 Å². The first-order valence-corrected chi connectivity index (χ1v) is 5.44. The monoisotopic (exact) mass is 218 g/mol. The van der Waals surface area contributed by atoms with Gasteiger partial charge in [-0.3, -0.25) is 0 Å². The predicted molar refractivity (Wildman–Crippen MR) is 62.5 cm³/mol. The Balaban J connectivity index is 2.31. The second-order valence-corrected chi connectivity index (χ2v) is 3.77. The van der Waals surface area contributed by atoms with Crippen molar-refractivity contribution >= 4 is 10.8 Å². The van der Waals surface area contributed by atoms with Crippen LogP contribution in [0, 0.1) is 0 Å². The summed E-state index contributed by atoms with van der Waals surface area (Å²) in [6.07, 6.45) is 2.26. The lowest BCUT2D eigenvalue weighted by Crippen LogP contribution is -2.02. The molecule has 0 aliphatic rings.